The van der Waals surface area contributed by atoms with Crippen LogP contribution in [0.4, 0.5) is 18.0 Å². The topological polar surface area (TPSA) is 76.1 Å². The maximum absolute atomic E-state index is 13.5. The van der Waals surface area contributed by atoms with Gasteiger partial charge in [0.15, 0.2) is 0 Å². The van der Waals surface area contributed by atoms with Crippen molar-refractivity contribution >= 4 is 12.1 Å². The molecule has 1 heterocycles. The Morgan fingerprint density at radius 3 is 2.66 bits per heavy atom. The number of aliphatic carboxylic acids is 1. The predicted molar refractivity (Wildman–Crippen MR) is 118 cm³/mol. The molecule has 1 aliphatic carbocycles. The molecule has 1 N–H and O–H groups in total. The minimum Gasteiger partial charge on any atom is -0.481 e. The highest BCUT2D eigenvalue weighted by Crippen LogP contribution is 2.44. The molecule has 0 bridgehead atoms. The summed E-state index contributed by atoms with van der Waals surface area (Å²) in [5, 5.41) is 9.03. The van der Waals surface area contributed by atoms with Gasteiger partial charge < -0.3 is 14.6 Å². The molecule has 0 unspecified atom stereocenters. The van der Waals surface area contributed by atoms with E-state index in [0.717, 1.165) is 23.3 Å². The minimum atomic E-state index is -4.58. The van der Waals surface area contributed by atoms with Gasteiger partial charge in [-0.2, -0.15) is 13.2 Å². The third kappa shape index (κ3) is 4.53. The summed E-state index contributed by atoms with van der Waals surface area (Å²) in [6, 6.07) is 16.6. The Morgan fingerprint density at radius 1 is 1.09 bits per heavy atom. The first-order chi connectivity index (χ1) is 16.7. The van der Waals surface area contributed by atoms with Crippen molar-refractivity contribution in [3.8, 4) is 11.5 Å². The Labute approximate surface area is 198 Å². The molecule has 5 rings (SSSR count). The highest BCUT2D eigenvalue weighted by Gasteiger charge is 2.47. The predicted octanol–water partition coefficient (Wildman–Crippen LogP) is 5.74. The first-order valence-corrected chi connectivity index (χ1v) is 10.9. The Morgan fingerprint density at radius 2 is 1.89 bits per heavy atom. The Bertz CT molecular complexity index is 1310. The Balaban J connectivity index is 1.49. The molecule has 0 aromatic heterocycles. The highest BCUT2D eigenvalue weighted by atomic mass is 19.4. The SMILES string of the molecule is O=C(O)Cc1cccc(Oc2ccc(C(F)(F)F)cc2CN2C(=O)O[C@@H]3Cc4ccccc4[C@@H]32)c1. The molecule has 3 aromatic carbocycles. The number of benzene rings is 3. The zero-order chi connectivity index (χ0) is 24.7. The summed E-state index contributed by atoms with van der Waals surface area (Å²) in [6.45, 7) is -0.150. The van der Waals surface area contributed by atoms with E-state index in [1.54, 1.807) is 18.2 Å². The van der Waals surface area contributed by atoms with Gasteiger partial charge in [0.2, 0.25) is 0 Å². The first kappa shape index (κ1) is 22.8. The summed E-state index contributed by atoms with van der Waals surface area (Å²) in [4.78, 5) is 25.1. The van der Waals surface area contributed by atoms with E-state index in [4.69, 9.17) is 14.6 Å². The number of rotatable bonds is 6. The fourth-order valence-corrected chi connectivity index (χ4v) is 4.67. The molecule has 0 spiro atoms. The maximum atomic E-state index is 13.5. The van der Waals surface area contributed by atoms with Crippen molar-refractivity contribution in [2.45, 2.75) is 37.7 Å². The summed E-state index contributed by atoms with van der Waals surface area (Å²) >= 11 is 0. The molecule has 180 valence electrons. The molecule has 1 amide bonds. The molecule has 2 aliphatic rings. The van der Waals surface area contributed by atoms with Gasteiger partial charge in [0.1, 0.15) is 17.6 Å². The van der Waals surface area contributed by atoms with Gasteiger partial charge in [-0.1, -0.05) is 36.4 Å². The lowest BCUT2D eigenvalue weighted by atomic mass is 10.0. The van der Waals surface area contributed by atoms with E-state index in [1.165, 1.54) is 17.0 Å². The van der Waals surface area contributed by atoms with Crippen LogP contribution in [-0.2, 0) is 35.1 Å². The number of carboxylic acid groups (broad SMARTS) is 1. The standard InChI is InChI=1S/C26H20F3NO5/c27-26(28,29)18-8-9-21(34-19-6-3-4-15(10-19)11-23(31)32)17(12-18)14-30-24-20-7-2-1-5-16(20)13-22(24)35-25(30)33/h1-10,12,22,24H,11,13-14H2,(H,31,32)/t22-,24+/m1/s1. The summed E-state index contributed by atoms with van der Waals surface area (Å²) in [7, 11) is 0. The van der Waals surface area contributed by atoms with E-state index in [9.17, 15) is 22.8 Å². The molecule has 2 atom stereocenters. The van der Waals surface area contributed by atoms with Gasteiger partial charge in [-0.25, -0.2) is 4.79 Å². The van der Waals surface area contributed by atoms with Gasteiger partial charge in [-0.3, -0.25) is 9.69 Å². The lowest BCUT2D eigenvalue weighted by Crippen LogP contribution is -2.27. The van der Waals surface area contributed by atoms with Crippen LogP contribution in [0.1, 0.15) is 33.9 Å². The van der Waals surface area contributed by atoms with Gasteiger partial charge in [0, 0.05) is 12.0 Å². The number of carbonyl (C=O) groups excluding carboxylic acids is 1. The molecule has 0 radical (unpaired) electrons. The monoisotopic (exact) mass is 483 g/mol. The van der Waals surface area contributed by atoms with Crippen molar-refractivity contribution < 1.29 is 37.3 Å². The Kier molecular flexibility index (Phi) is 5.62. The van der Waals surface area contributed by atoms with Crippen LogP contribution in [0.25, 0.3) is 0 Å². The Hall–Kier alpha value is -4.01. The number of halogens is 3. The second-order valence-electron chi connectivity index (χ2n) is 8.54. The van der Waals surface area contributed by atoms with Gasteiger partial charge in [0.25, 0.3) is 0 Å². The smallest absolute Gasteiger partial charge is 0.416 e. The number of nitrogens with zero attached hydrogens (tertiary/aromatic N) is 1. The van der Waals surface area contributed by atoms with Crippen molar-refractivity contribution in [3.63, 3.8) is 0 Å². The number of ether oxygens (including phenoxy) is 2. The average Bonchev–Trinajstić information content (AvgIpc) is 3.29. The van der Waals surface area contributed by atoms with Crippen LogP contribution in [-0.4, -0.2) is 28.2 Å². The van der Waals surface area contributed by atoms with Gasteiger partial charge >= 0.3 is 18.2 Å². The van der Waals surface area contributed by atoms with Gasteiger partial charge in [0.05, 0.1) is 24.6 Å². The first-order valence-electron chi connectivity index (χ1n) is 10.9. The molecule has 9 heteroatoms. The number of carboxylic acids is 1. The fourth-order valence-electron chi connectivity index (χ4n) is 4.67. The lowest BCUT2D eigenvalue weighted by Gasteiger charge is -2.23. The summed E-state index contributed by atoms with van der Waals surface area (Å²) in [6.07, 6.45) is -5.25. The molecule has 1 saturated heterocycles. The maximum Gasteiger partial charge on any atom is 0.416 e. The van der Waals surface area contributed by atoms with Crippen molar-refractivity contribution in [1.82, 2.24) is 4.90 Å². The minimum absolute atomic E-state index is 0.132. The fraction of sp³-hybridized carbons (Fsp3) is 0.231. The van der Waals surface area contributed by atoms with Crippen LogP contribution in [0.2, 0.25) is 0 Å². The highest BCUT2D eigenvalue weighted by molar-refractivity contribution is 5.72. The van der Waals surface area contributed by atoms with Gasteiger partial charge in [-0.05, 0) is 47.0 Å². The molecular formula is C26H20F3NO5. The molecular weight excluding hydrogens is 463 g/mol. The molecule has 35 heavy (non-hydrogen) atoms. The average molecular weight is 483 g/mol. The second kappa shape index (κ2) is 8.65. The van der Waals surface area contributed by atoms with Crippen LogP contribution >= 0.6 is 0 Å². The summed E-state index contributed by atoms with van der Waals surface area (Å²) < 4.78 is 51.9. The van der Waals surface area contributed by atoms with Crippen LogP contribution in [0.3, 0.4) is 0 Å². The summed E-state index contributed by atoms with van der Waals surface area (Å²) in [5.41, 5.74) is 1.73. The van der Waals surface area contributed by atoms with E-state index in [2.05, 4.69) is 0 Å². The zero-order valence-corrected chi connectivity index (χ0v) is 18.3. The number of fused-ring (bicyclic) bond motifs is 3. The number of hydrogen-bond donors (Lipinski definition) is 1. The van der Waals surface area contributed by atoms with E-state index in [-0.39, 0.29) is 30.0 Å². The van der Waals surface area contributed by atoms with E-state index >= 15 is 0 Å². The van der Waals surface area contributed by atoms with E-state index in [1.807, 2.05) is 24.3 Å². The van der Waals surface area contributed by atoms with Crippen molar-refractivity contribution in [1.29, 1.82) is 0 Å². The van der Waals surface area contributed by atoms with E-state index < -0.39 is 35.9 Å². The number of alkyl halides is 3. The lowest BCUT2D eigenvalue weighted by molar-refractivity contribution is -0.138. The number of carbonyl (C=O) groups is 2. The molecule has 0 saturated carbocycles. The van der Waals surface area contributed by atoms with E-state index in [0.29, 0.717) is 12.0 Å². The van der Waals surface area contributed by atoms with Crippen LogP contribution in [0, 0.1) is 0 Å². The molecule has 3 aromatic rings. The zero-order valence-electron chi connectivity index (χ0n) is 18.3. The van der Waals surface area contributed by atoms with Crippen LogP contribution in [0.5, 0.6) is 11.5 Å². The quantitative estimate of drug-likeness (QED) is 0.484. The molecule has 6 nitrogen and oxygen atoms in total. The van der Waals surface area contributed by atoms with Crippen molar-refractivity contribution in [2.24, 2.45) is 0 Å². The third-order valence-electron chi connectivity index (χ3n) is 6.18. The number of hydrogen-bond acceptors (Lipinski definition) is 4. The third-order valence-corrected chi connectivity index (χ3v) is 6.18. The number of amides is 1. The second-order valence-corrected chi connectivity index (χ2v) is 8.54. The summed E-state index contributed by atoms with van der Waals surface area (Å²) in [5.74, 6) is -0.609. The molecule has 1 fully saturated rings. The normalized spacial score (nSPS) is 18.7. The van der Waals surface area contributed by atoms with Crippen LogP contribution in [0.15, 0.2) is 66.7 Å². The molecule has 1 aliphatic heterocycles. The largest absolute Gasteiger partial charge is 0.481 e. The van der Waals surface area contributed by atoms with Crippen molar-refractivity contribution in [3.05, 3.63) is 94.5 Å². The van der Waals surface area contributed by atoms with Gasteiger partial charge in [-0.15, -0.1) is 0 Å². The van der Waals surface area contributed by atoms with Crippen LogP contribution < -0.4 is 4.74 Å². The van der Waals surface area contributed by atoms with Crippen molar-refractivity contribution in [2.75, 3.05) is 0 Å².